The molecule has 0 aromatic rings. The molecule has 19 heavy (non-hydrogen) atoms. The Morgan fingerprint density at radius 2 is 1.58 bits per heavy atom. The van der Waals surface area contributed by atoms with Crippen molar-refractivity contribution in [3.05, 3.63) is 0 Å². The number of carboxylic acids is 1. The Morgan fingerprint density at radius 1 is 1.00 bits per heavy atom. The largest absolute Gasteiger partial charge is 0.481 e. The van der Waals surface area contributed by atoms with E-state index in [1.807, 2.05) is 0 Å². The Morgan fingerprint density at radius 3 is 2.16 bits per heavy atom. The van der Waals surface area contributed by atoms with E-state index in [1.165, 1.54) is 0 Å². The molecule has 3 N–H and O–H groups in total. The normalized spacial score (nSPS) is 18.6. The zero-order valence-electron chi connectivity index (χ0n) is 11.5. The van der Waals surface area contributed by atoms with Crippen molar-refractivity contribution in [3.8, 4) is 0 Å². The minimum atomic E-state index is -0.826. The van der Waals surface area contributed by atoms with E-state index in [0.717, 1.165) is 38.5 Å². The number of unbranched alkanes of at least 4 members (excludes halogenated alkanes) is 1. The summed E-state index contributed by atoms with van der Waals surface area (Å²) in [6.45, 7) is 0.324. The van der Waals surface area contributed by atoms with Gasteiger partial charge in [-0.2, -0.15) is 0 Å². The Kier molecular flexibility index (Phi) is 6.84. The van der Waals surface area contributed by atoms with Crippen LogP contribution in [0.2, 0.25) is 0 Å². The average molecular weight is 271 g/mol. The summed E-state index contributed by atoms with van der Waals surface area (Å²) in [6, 6.07) is 0. The lowest BCUT2D eigenvalue weighted by Gasteiger charge is -2.26. The minimum absolute atomic E-state index is 0.0944. The Bertz CT molecular complexity index is 296. The summed E-state index contributed by atoms with van der Waals surface area (Å²) in [5.41, 5.74) is -0.743. The van der Waals surface area contributed by atoms with Crippen LogP contribution in [0.3, 0.4) is 0 Å². The predicted molar refractivity (Wildman–Crippen MR) is 71.8 cm³/mol. The number of aliphatic hydroxyl groups is 1. The molecule has 1 saturated carbocycles. The van der Waals surface area contributed by atoms with Gasteiger partial charge < -0.3 is 15.5 Å². The fraction of sp³-hybridized carbons (Fsp3) is 0.857. The first kappa shape index (κ1) is 16.0. The maximum Gasteiger partial charge on any atom is 0.303 e. The lowest BCUT2D eigenvalue weighted by atomic mass is 9.94. The second kappa shape index (κ2) is 8.15. The molecule has 1 aliphatic carbocycles. The van der Waals surface area contributed by atoms with Crippen molar-refractivity contribution < 1.29 is 19.8 Å². The van der Waals surface area contributed by atoms with E-state index >= 15 is 0 Å². The van der Waals surface area contributed by atoms with E-state index in [9.17, 15) is 14.7 Å². The van der Waals surface area contributed by atoms with Gasteiger partial charge in [0.05, 0.1) is 5.60 Å². The molecule has 5 nitrogen and oxygen atoms in total. The van der Waals surface area contributed by atoms with Crippen molar-refractivity contribution >= 4 is 11.9 Å². The van der Waals surface area contributed by atoms with E-state index < -0.39 is 11.6 Å². The van der Waals surface area contributed by atoms with Gasteiger partial charge in [-0.1, -0.05) is 25.7 Å². The van der Waals surface area contributed by atoms with Gasteiger partial charge in [-0.3, -0.25) is 9.59 Å². The zero-order chi connectivity index (χ0) is 14.1. The number of rotatable bonds is 7. The van der Waals surface area contributed by atoms with E-state index in [4.69, 9.17) is 5.11 Å². The zero-order valence-corrected chi connectivity index (χ0v) is 11.5. The third kappa shape index (κ3) is 7.15. The van der Waals surface area contributed by atoms with Crippen molar-refractivity contribution in [2.75, 3.05) is 6.54 Å². The van der Waals surface area contributed by atoms with Gasteiger partial charge in [-0.25, -0.2) is 0 Å². The third-order valence-corrected chi connectivity index (χ3v) is 3.69. The van der Waals surface area contributed by atoms with E-state index in [1.54, 1.807) is 0 Å². The Hall–Kier alpha value is -1.10. The molecule has 110 valence electrons. The number of carbonyl (C=O) groups is 2. The second-order valence-corrected chi connectivity index (χ2v) is 5.52. The van der Waals surface area contributed by atoms with Crippen LogP contribution in [0.25, 0.3) is 0 Å². The maximum atomic E-state index is 11.6. The number of carboxylic acid groups (broad SMARTS) is 1. The maximum absolute atomic E-state index is 11.6. The number of amides is 1. The number of nitrogens with one attached hydrogen (secondary N) is 1. The summed E-state index contributed by atoms with van der Waals surface area (Å²) in [5.74, 6) is -0.920. The summed E-state index contributed by atoms with van der Waals surface area (Å²) in [4.78, 5) is 21.9. The molecule has 0 aromatic carbocycles. The molecule has 0 atom stereocenters. The van der Waals surface area contributed by atoms with Crippen LogP contribution in [0.5, 0.6) is 0 Å². The van der Waals surface area contributed by atoms with Crippen LogP contribution in [0.4, 0.5) is 0 Å². The summed E-state index contributed by atoms with van der Waals surface area (Å²) in [6.07, 6.45) is 7.41. The van der Waals surface area contributed by atoms with Gasteiger partial charge in [-0.15, -0.1) is 0 Å². The van der Waals surface area contributed by atoms with Crippen LogP contribution in [0, 0.1) is 0 Å². The molecule has 1 rings (SSSR count). The van der Waals surface area contributed by atoms with E-state index in [0.29, 0.717) is 25.8 Å². The number of hydrogen-bond acceptors (Lipinski definition) is 3. The van der Waals surface area contributed by atoms with Crippen LogP contribution in [0.15, 0.2) is 0 Å². The monoisotopic (exact) mass is 271 g/mol. The fourth-order valence-corrected chi connectivity index (χ4v) is 2.48. The number of aliphatic carboxylic acids is 1. The van der Waals surface area contributed by atoms with E-state index in [2.05, 4.69) is 5.32 Å². The molecule has 0 bridgehead atoms. The van der Waals surface area contributed by atoms with Gasteiger partial charge in [-0.05, 0) is 25.7 Å². The molecule has 1 aliphatic rings. The lowest BCUT2D eigenvalue weighted by molar-refractivity contribution is -0.137. The standard InChI is InChI=1S/C14H25NO4/c16-12(7-3-4-8-13(17)18)15-11-14(19)9-5-1-2-6-10-14/h19H,1-11H2,(H,15,16)(H,17,18). The molecule has 1 fully saturated rings. The lowest BCUT2D eigenvalue weighted by Crippen LogP contribution is -2.42. The first-order valence-corrected chi connectivity index (χ1v) is 7.23. The molecule has 0 aromatic heterocycles. The number of carbonyl (C=O) groups excluding carboxylic acids is 1. The van der Waals surface area contributed by atoms with Crippen molar-refractivity contribution in [3.63, 3.8) is 0 Å². The molecule has 0 radical (unpaired) electrons. The summed E-state index contributed by atoms with van der Waals surface area (Å²) >= 11 is 0. The van der Waals surface area contributed by atoms with Crippen molar-refractivity contribution in [1.29, 1.82) is 0 Å². The second-order valence-electron chi connectivity index (χ2n) is 5.52. The van der Waals surface area contributed by atoms with Crippen LogP contribution in [0.1, 0.15) is 64.2 Å². The molecule has 0 unspecified atom stereocenters. The first-order valence-electron chi connectivity index (χ1n) is 7.23. The van der Waals surface area contributed by atoms with Gasteiger partial charge in [0.15, 0.2) is 0 Å². The van der Waals surface area contributed by atoms with Crippen molar-refractivity contribution in [2.45, 2.75) is 69.8 Å². The molecule has 1 amide bonds. The summed E-state index contributed by atoms with van der Waals surface area (Å²) in [5, 5.41) is 21.6. The van der Waals surface area contributed by atoms with Gasteiger partial charge >= 0.3 is 5.97 Å². The number of hydrogen-bond donors (Lipinski definition) is 3. The topological polar surface area (TPSA) is 86.6 Å². The van der Waals surface area contributed by atoms with Crippen molar-refractivity contribution in [2.24, 2.45) is 0 Å². The third-order valence-electron chi connectivity index (χ3n) is 3.69. The Balaban J connectivity index is 2.16. The average Bonchev–Trinajstić information content (AvgIpc) is 2.58. The fourth-order valence-electron chi connectivity index (χ4n) is 2.48. The van der Waals surface area contributed by atoms with Crippen LogP contribution < -0.4 is 5.32 Å². The van der Waals surface area contributed by atoms with Gasteiger partial charge in [0.1, 0.15) is 0 Å². The van der Waals surface area contributed by atoms with Gasteiger partial charge in [0.25, 0.3) is 0 Å². The van der Waals surface area contributed by atoms with Crippen LogP contribution >= 0.6 is 0 Å². The highest BCUT2D eigenvalue weighted by Gasteiger charge is 2.28. The molecule has 0 aliphatic heterocycles. The van der Waals surface area contributed by atoms with Crippen LogP contribution in [-0.2, 0) is 9.59 Å². The minimum Gasteiger partial charge on any atom is -0.481 e. The quantitative estimate of drug-likeness (QED) is 0.487. The van der Waals surface area contributed by atoms with E-state index in [-0.39, 0.29) is 12.3 Å². The molecular weight excluding hydrogens is 246 g/mol. The highest BCUT2D eigenvalue weighted by molar-refractivity contribution is 5.76. The van der Waals surface area contributed by atoms with Gasteiger partial charge in [0, 0.05) is 19.4 Å². The SMILES string of the molecule is O=C(O)CCCCC(=O)NCC1(O)CCCCCC1. The molecular formula is C14H25NO4. The molecule has 0 heterocycles. The summed E-state index contributed by atoms with van der Waals surface area (Å²) in [7, 11) is 0. The van der Waals surface area contributed by atoms with Gasteiger partial charge in [0.2, 0.25) is 5.91 Å². The smallest absolute Gasteiger partial charge is 0.303 e. The summed E-state index contributed by atoms with van der Waals surface area (Å²) < 4.78 is 0. The highest BCUT2D eigenvalue weighted by atomic mass is 16.4. The molecule has 0 spiro atoms. The highest BCUT2D eigenvalue weighted by Crippen LogP contribution is 2.26. The first-order chi connectivity index (χ1) is 9.02. The van der Waals surface area contributed by atoms with Crippen molar-refractivity contribution in [1.82, 2.24) is 5.32 Å². The molecule has 5 heteroatoms. The van der Waals surface area contributed by atoms with Crippen LogP contribution in [-0.4, -0.2) is 34.2 Å². The molecule has 0 saturated heterocycles. The predicted octanol–water partition coefficient (Wildman–Crippen LogP) is 1.83. The Labute approximate surface area is 114 Å².